The first-order valence-corrected chi connectivity index (χ1v) is 11.7. The van der Waals surface area contributed by atoms with Gasteiger partial charge >= 0.3 is 0 Å². The average Bonchev–Trinajstić information content (AvgIpc) is 3.20. The maximum absolute atomic E-state index is 12.5. The third-order valence-electron chi connectivity index (χ3n) is 5.82. The molecule has 6 heteroatoms. The van der Waals surface area contributed by atoms with E-state index in [0.29, 0.717) is 32.8 Å². The molecule has 1 aromatic heterocycles. The van der Waals surface area contributed by atoms with Gasteiger partial charge in [-0.1, -0.05) is 71.9 Å². The second-order valence-corrected chi connectivity index (χ2v) is 8.44. The monoisotopic (exact) mass is 470 g/mol. The number of hydrogen-bond acceptors (Lipinski definition) is 5. The van der Waals surface area contributed by atoms with E-state index in [2.05, 4.69) is 10.5 Å². The Bertz CT molecular complexity index is 1210. The number of rotatable bonds is 11. The number of hydrogen-bond donors (Lipinski definition) is 1. The van der Waals surface area contributed by atoms with Crippen molar-refractivity contribution in [3.05, 3.63) is 118 Å². The SMILES string of the molecule is Cc1noc(C)c1COc1ccc(CC(=O)NCc2ccccc2COCc2ccccc2)cc1. The summed E-state index contributed by atoms with van der Waals surface area (Å²) in [7, 11) is 0. The van der Waals surface area contributed by atoms with Crippen molar-refractivity contribution in [2.45, 2.75) is 46.6 Å². The van der Waals surface area contributed by atoms with Crippen molar-refractivity contribution in [1.29, 1.82) is 0 Å². The summed E-state index contributed by atoms with van der Waals surface area (Å²) in [6.07, 6.45) is 0.302. The summed E-state index contributed by atoms with van der Waals surface area (Å²) in [5.74, 6) is 1.47. The molecular formula is C29H30N2O4. The van der Waals surface area contributed by atoms with Crippen molar-refractivity contribution in [2.75, 3.05) is 0 Å². The number of carbonyl (C=O) groups is 1. The zero-order chi connectivity index (χ0) is 24.5. The van der Waals surface area contributed by atoms with Crippen LogP contribution in [0.25, 0.3) is 0 Å². The molecule has 180 valence electrons. The van der Waals surface area contributed by atoms with E-state index in [1.54, 1.807) is 0 Å². The van der Waals surface area contributed by atoms with Crippen LogP contribution in [0.2, 0.25) is 0 Å². The lowest BCUT2D eigenvalue weighted by molar-refractivity contribution is -0.120. The summed E-state index contributed by atoms with van der Waals surface area (Å²) < 4.78 is 16.9. The van der Waals surface area contributed by atoms with Gasteiger partial charge in [-0.15, -0.1) is 0 Å². The van der Waals surface area contributed by atoms with Gasteiger partial charge in [-0.25, -0.2) is 0 Å². The molecule has 0 aliphatic heterocycles. The molecule has 6 nitrogen and oxygen atoms in total. The Labute approximate surface area is 205 Å². The standard InChI is InChI=1S/C29H30N2O4/c1-21-28(22(2)35-31-21)20-34-27-14-12-23(13-15-27)16-29(32)30-17-25-10-6-7-11-26(25)19-33-18-24-8-4-3-5-9-24/h3-15H,16-20H2,1-2H3,(H,30,32). The van der Waals surface area contributed by atoms with E-state index in [-0.39, 0.29) is 5.91 Å². The molecule has 0 fully saturated rings. The maximum Gasteiger partial charge on any atom is 0.224 e. The summed E-state index contributed by atoms with van der Waals surface area (Å²) in [5, 5.41) is 6.96. The van der Waals surface area contributed by atoms with Gasteiger partial charge in [0.1, 0.15) is 18.1 Å². The fourth-order valence-electron chi connectivity index (χ4n) is 3.73. The molecule has 35 heavy (non-hydrogen) atoms. The van der Waals surface area contributed by atoms with E-state index in [4.69, 9.17) is 14.0 Å². The molecule has 1 heterocycles. The lowest BCUT2D eigenvalue weighted by Crippen LogP contribution is -2.25. The van der Waals surface area contributed by atoms with Crippen molar-refractivity contribution in [3.8, 4) is 5.75 Å². The lowest BCUT2D eigenvalue weighted by atomic mass is 10.1. The predicted octanol–water partition coefficient (Wildman–Crippen LogP) is 5.45. The van der Waals surface area contributed by atoms with E-state index >= 15 is 0 Å². The molecule has 4 rings (SSSR count). The first-order chi connectivity index (χ1) is 17.1. The van der Waals surface area contributed by atoms with Gasteiger partial charge in [0.15, 0.2) is 0 Å². The number of benzene rings is 3. The van der Waals surface area contributed by atoms with Gasteiger partial charge in [0.25, 0.3) is 0 Å². The third-order valence-corrected chi connectivity index (χ3v) is 5.82. The largest absolute Gasteiger partial charge is 0.489 e. The number of ether oxygens (including phenoxy) is 2. The molecule has 0 saturated carbocycles. The molecular weight excluding hydrogens is 440 g/mol. The molecule has 0 saturated heterocycles. The number of amides is 1. The lowest BCUT2D eigenvalue weighted by Gasteiger charge is -2.12. The molecule has 3 aromatic carbocycles. The second kappa shape index (κ2) is 12.0. The van der Waals surface area contributed by atoms with Gasteiger partial charge in [0, 0.05) is 6.54 Å². The number of aryl methyl sites for hydroxylation is 2. The molecule has 0 aliphatic carbocycles. The van der Waals surface area contributed by atoms with Gasteiger partial charge in [-0.3, -0.25) is 4.79 Å². The fraction of sp³-hybridized carbons (Fsp3) is 0.241. The number of aromatic nitrogens is 1. The van der Waals surface area contributed by atoms with Crippen molar-refractivity contribution >= 4 is 5.91 Å². The summed E-state index contributed by atoms with van der Waals surface area (Å²) in [4.78, 5) is 12.5. The minimum Gasteiger partial charge on any atom is -0.489 e. The zero-order valence-corrected chi connectivity index (χ0v) is 20.1. The van der Waals surface area contributed by atoms with Crippen LogP contribution in [0.15, 0.2) is 83.4 Å². The average molecular weight is 471 g/mol. The van der Waals surface area contributed by atoms with Crippen LogP contribution in [-0.4, -0.2) is 11.1 Å². The zero-order valence-electron chi connectivity index (χ0n) is 20.1. The number of nitrogens with one attached hydrogen (secondary N) is 1. The Kier molecular flexibility index (Phi) is 8.30. The Hall–Kier alpha value is -3.90. The molecule has 0 radical (unpaired) electrons. The van der Waals surface area contributed by atoms with E-state index in [1.807, 2.05) is 92.7 Å². The molecule has 0 unspecified atom stereocenters. The van der Waals surface area contributed by atoms with Crippen LogP contribution >= 0.6 is 0 Å². The van der Waals surface area contributed by atoms with Crippen LogP contribution in [0.5, 0.6) is 5.75 Å². The summed E-state index contributed by atoms with van der Waals surface area (Å²) in [6.45, 7) is 5.68. The first kappa shape index (κ1) is 24.2. The highest BCUT2D eigenvalue weighted by atomic mass is 16.5. The highest BCUT2D eigenvalue weighted by Gasteiger charge is 2.10. The van der Waals surface area contributed by atoms with E-state index in [9.17, 15) is 4.79 Å². The van der Waals surface area contributed by atoms with Gasteiger partial charge in [0.2, 0.25) is 5.91 Å². The van der Waals surface area contributed by atoms with Crippen LogP contribution in [0.4, 0.5) is 0 Å². The van der Waals surface area contributed by atoms with Crippen LogP contribution in [0.3, 0.4) is 0 Å². The van der Waals surface area contributed by atoms with Gasteiger partial charge in [0.05, 0.1) is 30.9 Å². The molecule has 0 bridgehead atoms. The highest BCUT2D eigenvalue weighted by molar-refractivity contribution is 5.78. The summed E-state index contributed by atoms with van der Waals surface area (Å²) in [5.41, 5.74) is 5.98. The second-order valence-electron chi connectivity index (χ2n) is 8.44. The minimum atomic E-state index is -0.0330. The smallest absolute Gasteiger partial charge is 0.224 e. The van der Waals surface area contributed by atoms with Crippen molar-refractivity contribution in [1.82, 2.24) is 10.5 Å². The number of nitrogens with zero attached hydrogens (tertiary/aromatic N) is 1. The quantitative estimate of drug-likeness (QED) is 0.316. The highest BCUT2D eigenvalue weighted by Crippen LogP contribution is 2.18. The Morgan fingerprint density at radius 3 is 2.26 bits per heavy atom. The normalized spacial score (nSPS) is 10.8. The first-order valence-electron chi connectivity index (χ1n) is 11.7. The van der Waals surface area contributed by atoms with Crippen LogP contribution in [0.1, 0.15) is 39.3 Å². The van der Waals surface area contributed by atoms with Crippen LogP contribution in [-0.2, 0) is 42.3 Å². The number of carbonyl (C=O) groups excluding carboxylic acids is 1. The van der Waals surface area contributed by atoms with E-state index < -0.39 is 0 Å². The van der Waals surface area contributed by atoms with E-state index in [1.165, 1.54) is 0 Å². The van der Waals surface area contributed by atoms with Crippen molar-refractivity contribution in [2.24, 2.45) is 0 Å². The van der Waals surface area contributed by atoms with Crippen LogP contribution < -0.4 is 10.1 Å². The third kappa shape index (κ3) is 7.04. The van der Waals surface area contributed by atoms with Crippen molar-refractivity contribution in [3.63, 3.8) is 0 Å². The molecule has 0 atom stereocenters. The topological polar surface area (TPSA) is 73.6 Å². The fourth-order valence-corrected chi connectivity index (χ4v) is 3.73. The van der Waals surface area contributed by atoms with Gasteiger partial charge < -0.3 is 19.3 Å². The molecule has 0 aliphatic rings. The molecule has 1 amide bonds. The summed E-state index contributed by atoms with van der Waals surface area (Å²) >= 11 is 0. The molecule has 4 aromatic rings. The predicted molar refractivity (Wildman–Crippen MR) is 134 cm³/mol. The van der Waals surface area contributed by atoms with E-state index in [0.717, 1.165) is 45.0 Å². The Balaban J connectivity index is 1.24. The van der Waals surface area contributed by atoms with Crippen molar-refractivity contribution < 1.29 is 18.8 Å². The Morgan fingerprint density at radius 2 is 1.54 bits per heavy atom. The molecule has 1 N–H and O–H groups in total. The minimum absolute atomic E-state index is 0.0330. The van der Waals surface area contributed by atoms with Crippen LogP contribution in [0, 0.1) is 13.8 Å². The maximum atomic E-state index is 12.5. The Morgan fingerprint density at radius 1 is 0.829 bits per heavy atom. The van der Waals surface area contributed by atoms with Gasteiger partial charge in [-0.2, -0.15) is 0 Å². The van der Waals surface area contributed by atoms with Gasteiger partial charge in [-0.05, 0) is 48.2 Å². The molecule has 0 spiro atoms. The summed E-state index contributed by atoms with van der Waals surface area (Å²) in [6, 6.07) is 25.7.